The van der Waals surface area contributed by atoms with Gasteiger partial charge in [-0.1, -0.05) is 19.6 Å². The third-order valence-corrected chi connectivity index (χ3v) is 7.35. The summed E-state index contributed by atoms with van der Waals surface area (Å²) in [5, 5.41) is 2.16. The molecule has 8 nitrogen and oxygen atoms in total. The number of carbonyl (C=O) groups excluding carboxylic acids is 2. The quantitative estimate of drug-likeness (QED) is 0.414. The molecule has 0 spiro atoms. The van der Waals surface area contributed by atoms with Crippen molar-refractivity contribution >= 4 is 69.2 Å². The number of pyridine rings is 2. The smallest absolute Gasteiger partial charge is 0.240 e. The minimum absolute atomic E-state index is 0. The van der Waals surface area contributed by atoms with Crippen molar-refractivity contribution in [3.8, 4) is 0 Å². The van der Waals surface area contributed by atoms with Crippen LogP contribution in [0.5, 0.6) is 0 Å². The van der Waals surface area contributed by atoms with E-state index >= 15 is 0 Å². The summed E-state index contributed by atoms with van der Waals surface area (Å²) in [6.07, 6.45) is 2.80. The van der Waals surface area contributed by atoms with Crippen molar-refractivity contribution in [2.45, 2.75) is 20.3 Å². The summed E-state index contributed by atoms with van der Waals surface area (Å²) in [7, 11) is 0. The Morgan fingerprint density at radius 3 is 1.78 bits per heavy atom. The van der Waals surface area contributed by atoms with E-state index in [9.17, 15) is 9.59 Å². The first kappa shape index (κ1) is 28.3. The van der Waals surface area contributed by atoms with Crippen LogP contribution in [0.2, 0.25) is 0 Å². The molecular weight excluding hydrogens is 523 g/mol. The average Bonchev–Trinajstić information content (AvgIpc) is 3.70. The third-order valence-electron chi connectivity index (χ3n) is 6.59. The third kappa shape index (κ3) is 7.85. The lowest BCUT2D eigenvalue weighted by Crippen LogP contribution is -2.23. The van der Waals surface area contributed by atoms with E-state index in [0.717, 1.165) is 48.4 Å². The summed E-state index contributed by atoms with van der Waals surface area (Å²) in [6.45, 7) is 4.57. The van der Waals surface area contributed by atoms with Gasteiger partial charge in [0.1, 0.15) is 29.2 Å². The molecule has 11 heteroatoms. The lowest BCUT2D eigenvalue weighted by molar-refractivity contribution is -0.114. The van der Waals surface area contributed by atoms with Crippen molar-refractivity contribution in [3.05, 3.63) is 36.4 Å². The first-order valence-corrected chi connectivity index (χ1v) is 13.1. The predicted molar refractivity (Wildman–Crippen MR) is 148 cm³/mol. The highest BCUT2D eigenvalue weighted by atomic mass is 35.5. The molecule has 4 unspecified atom stereocenters. The molecule has 0 radical (unpaired) electrons. The fourth-order valence-corrected chi connectivity index (χ4v) is 4.70. The Hall–Kier alpha value is -2.29. The fourth-order valence-electron chi connectivity index (χ4n) is 4.63. The van der Waals surface area contributed by atoms with Crippen LogP contribution in [0.3, 0.4) is 0 Å². The number of nitrogens with two attached hydrogens (primary N) is 1. The number of carbonyl (C=O) groups is 2. The molecule has 196 valence electrons. The molecule has 4 aliphatic rings. The molecule has 4 heterocycles. The van der Waals surface area contributed by atoms with Crippen LogP contribution in [0.15, 0.2) is 36.4 Å². The SMILES string of the molecule is C.Nc1cccc(N2CC3CC3C2)n1.O=C(CCl)Nc1cccc(N2CC3CC3C2)n1.O=C(Cl)CCl. The first-order valence-electron chi connectivity index (χ1n) is 11.7. The number of piperidine rings is 2. The van der Waals surface area contributed by atoms with Gasteiger partial charge in [0.05, 0.1) is 5.88 Å². The number of aromatic nitrogens is 2. The Balaban J connectivity index is 0.000000169. The van der Waals surface area contributed by atoms with E-state index in [1.54, 1.807) is 6.07 Å². The molecule has 0 aromatic carbocycles. The minimum atomic E-state index is -0.508. The molecule has 2 aromatic heterocycles. The lowest BCUT2D eigenvalue weighted by atomic mass is 10.4. The highest BCUT2D eigenvalue weighted by Gasteiger charge is 2.46. The molecule has 36 heavy (non-hydrogen) atoms. The number of alkyl halides is 2. The number of anilines is 4. The second-order valence-electron chi connectivity index (χ2n) is 9.29. The van der Waals surface area contributed by atoms with Gasteiger partial charge in [-0.25, -0.2) is 9.97 Å². The molecule has 0 bridgehead atoms. The fraction of sp³-hybridized carbons (Fsp3) is 0.520. The van der Waals surface area contributed by atoms with Gasteiger partial charge in [0.2, 0.25) is 11.1 Å². The molecule has 4 atom stereocenters. The zero-order valence-corrected chi connectivity index (χ0v) is 21.5. The molecule has 2 aliphatic heterocycles. The van der Waals surface area contributed by atoms with Crippen LogP contribution in [0, 0.1) is 23.7 Å². The van der Waals surface area contributed by atoms with Crippen LogP contribution in [0.25, 0.3) is 0 Å². The van der Waals surface area contributed by atoms with Crippen LogP contribution in [0.4, 0.5) is 23.3 Å². The summed E-state index contributed by atoms with van der Waals surface area (Å²) in [5.74, 6) is 6.48. The summed E-state index contributed by atoms with van der Waals surface area (Å²) >= 11 is 15.0. The van der Waals surface area contributed by atoms with E-state index in [1.807, 2.05) is 30.3 Å². The average molecular weight is 556 g/mol. The molecule has 4 fully saturated rings. The van der Waals surface area contributed by atoms with E-state index in [0.29, 0.717) is 11.6 Å². The maximum atomic E-state index is 11.2. The van der Waals surface area contributed by atoms with E-state index in [4.69, 9.17) is 40.5 Å². The molecule has 6 rings (SSSR count). The summed E-state index contributed by atoms with van der Waals surface area (Å²) < 4.78 is 0. The van der Waals surface area contributed by atoms with E-state index < -0.39 is 5.24 Å². The largest absolute Gasteiger partial charge is 0.384 e. The number of hydrogen-bond donors (Lipinski definition) is 2. The zero-order chi connectivity index (χ0) is 24.9. The van der Waals surface area contributed by atoms with Crippen molar-refractivity contribution < 1.29 is 9.59 Å². The van der Waals surface area contributed by atoms with Crippen molar-refractivity contribution in [1.29, 1.82) is 0 Å². The van der Waals surface area contributed by atoms with E-state index in [2.05, 4.69) is 25.1 Å². The topological polar surface area (TPSA) is 104 Å². The van der Waals surface area contributed by atoms with Gasteiger partial charge in [0.15, 0.2) is 0 Å². The van der Waals surface area contributed by atoms with Crippen molar-refractivity contribution in [2.24, 2.45) is 23.7 Å². The number of rotatable bonds is 5. The Morgan fingerprint density at radius 2 is 1.33 bits per heavy atom. The van der Waals surface area contributed by atoms with Gasteiger partial charge in [0, 0.05) is 26.2 Å². The van der Waals surface area contributed by atoms with Crippen molar-refractivity contribution in [1.82, 2.24) is 9.97 Å². The summed E-state index contributed by atoms with van der Waals surface area (Å²) in [5.41, 5.74) is 5.63. The first-order chi connectivity index (χ1) is 16.9. The monoisotopic (exact) mass is 554 g/mol. The Labute approximate surface area is 227 Å². The molecule has 3 N–H and O–H groups in total. The predicted octanol–water partition coefficient (Wildman–Crippen LogP) is 4.46. The number of hydrogen-bond acceptors (Lipinski definition) is 7. The second-order valence-corrected chi connectivity index (χ2v) is 10.3. The van der Waals surface area contributed by atoms with Gasteiger partial charge < -0.3 is 20.9 Å². The molecule has 2 saturated heterocycles. The molecule has 2 aliphatic carbocycles. The normalized spacial score (nSPS) is 24.1. The number of nitrogens with zero attached hydrogens (tertiary/aromatic N) is 4. The Kier molecular flexibility index (Phi) is 10.0. The number of amides is 1. The molecule has 1 amide bonds. The Morgan fingerprint density at radius 1 is 0.861 bits per heavy atom. The molecular formula is C25H33Cl3N6O2. The minimum Gasteiger partial charge on any atom is -0.384 e. The van der Waals surface area contributed by atoms with Crippen molar-refractivity contribution in [2.75, 3.05) is 58.8 Å². The number of nitrogens with one attached hydrogen (secondary N) is 1. The van der Waals surface area contributed by atoms with Crippen LogP contribution >= 0.6 is 34.8 Å². The van der Waals surface area contributed by atoms with Crippen molar-refractivity contribution in [3.63, 3.8) is 0 Å². The van der Waals surface area contributed by atoms with E-state index in [1.165, 1.54) is 25.9 Å². The van der Waals surface area contributed by atoms with Gasteiger partial charge in [-0.15, -0.1) is 23.2 Å². The molecule has 2 saturated carbocycles. The standard InChI is InChI=1S/C12H14ClN3O.C10H13N3.C2H2Cl2O.CH4/c13-5-12(17)15-10-2-1-3-11(14-10)16-6-8-4-9(8)7-16;11-9-2-1-3-10(12-9)13-5-7-4-8(7)6-13;3-1-2(4)5;/h1-3,8-9H,4-7H2,(H,14,15,17);1-3,7-8H,4-6H2,(H2,11,12);1H2;1H4. The Bertz CT molecular complexity index is 1040. The van der Waals surface area contributed by atoms with Gasteiger partial charge in [0.25, 0.3) is 0 Å². The zero-order valence-electron chi connectivity index (χ0n) is 19.2. The maximum Gasteiger partial charge on any atom is 0.240 e. The summed E-state index contributed by atoms with van der Waals surface area (Å²) in [6, 6.07) is 11.5. The molecule has 2 aromatic rings. The summed E-state index contributed by atoms with van der Waals surface area (Å²) in [4.78, 5) is 34.0. The van der Waals surface area contributed by atoms with Crippen LogP contribution in [-0.2, 0) is 9.59 Å². The lowest BCUT2D eigenvalue weighted by Gasteiger charge is -2.19. The van der Waals surface area contributed by atoms with Gasteiger partial charge in [-0.3, -0.25) is 9.59 Å². The van der Waals surface area contributed by atoms with E-state index in [-0.39, 0.29) is 25.1 Å². The van der Waals surface area contributed by atoms with Gasteiger partial charge in [-0.2, -0.15) is 0 Å². The van der Waals surface area contributed by atoms with Crippen LogP contribution in [0.1, 0.15) is 20.3 Å². The maximum absolute atomic E-state index is 11.2. The highest BCUT2D eigenvalue weighted by molar-refractivity contribution is 6.67. The number of nitrogen functional groups attached to an aromatic ring is 1. The van der Waals surface area contributed by atoms with Gasteiger partial charge >= 0.3 is 0 Å². The number of fused-ring (bicyclic) bond motifs is 2. The highest BCUT2D eigenvalue weighted by Crippen LogP contribution is 2.46. The van der Waals surface area contributed by atoms with Crippen LogP contribution < -0.4 is 20.9 Å². The second kappa shape index (κ2) is 12.8. The number of halogens is 3. The van der Waals surface area contributed by atoms with Gasteiger partial charge in [-0.05, 0) is 72.4 Å². The van der Waals surface area contributed by atoms with Crippen LogP contribution in [-0.4, -0.2) is 59.1 Å².